The van der Waals surface area contributed by atoms with Crippen molar-refractivity contribution in [1.29, 1.82) is 0 Å². The van der Waals surface area contributed by atoms with Crippen molar-refractivity contribution in [2.75, 3.05) is 22.7 Å². The Balaban J connectivity index is 1.29. The molecule has 1 saturated heterocycles. The number of nitrogens with zero attached hydrogens (tertiary/aromatic N) is 2. The Labute approximate surface area is 286 Å². The average molecular weight is 685 g/mol. The molecule has 0 saturated carbocycles. The molecule has 248 valence electrons. The fourth-order valence-corrected chi connectivity index (χ4v) is 8.50. The van der Waals surface area contributed by atoms with Crippen LogP contribution >= 0.6 is 11.6 Å². The van der Waals surface area contributed by atoms with Gasteiger partial charge in [-0.1, -0.05) is 78.3 Å². The standard InChI is InChI=1S/C37H37ClN4O5S/c1-24-21-34(25(2)20-29(24)38)48(46,47)42-32-13-7-6-12-30(32)40-36(44)33(42)23-35(43)39-31(37(45)41-18-8-9-19-41)22-26-14-16-28(17-15-26)27-10-4-3-5-11-27/h3-7,10-17,20-21,31,33H,8-9,18-19,22-23H2,1-2H3,(H,39,43)(H,40,44)/t31-,33+/m1/s1. The maximum absolute atomic E-state index is 14.4. The maximum Gasteiger partial charge on any atom is 0.265 e. The van der Waals surface area contributed by atoms with Crippen LogP contribution in [0.25, 0.3) is 11.1 Å². The highest BCUT2D eigenvalue weighted by molar-refractivity contribution is 7.93. The number of carbonyl (C=O) groups is 3. The van der Waals surface area contributed by atoms with Crippen LogP contribution in [0.2, 0.25) is 5.02 Å². The Hall–Kier alpha value is -4.67. The molecule has 0 aromatic heterocycles. The van der Waals surface area contributed by atoms with Gasteiger partial charge in [0.15, 0.2) is 0 Å². The number of amides is 3. The first-order valence-corrected chi connectivity index (χ1v) is 17.8. The van der Waals surface area contributed by atoms with Gasteiger partial charge < -0.3 is 15.5 Å². The lowest BCUT2D eigenvalue weighted by Crippen LogP contribution is -2.55. The summed E-state index contributed by atoms with van der Waals surface area (Å²) in [6, 6.07) is 25.1. The molecular weight excluding hydrogens is 648 g/mol. The number of fused-ring (bicyclic) bond motifs is 1. The lowest BCUT2D eigenvalue weighted by Gasteiger charge is -2.37. The number of carbonyl (C=O) groups excluding carboxylic acids is 3. The number of para-hydroxylation sites is 2. The van der Waals surface area contributed by atoms with E-state index in [-0.39, 0.29) is 22.9 Å². The van der Waals surface area contributed by atoms with Gasteiger partial charge in [0.1, 0.15) is 12.1 Å². The Morgan fingerprint density at radius 1 is 0.896 bits per heavy atom. The van der Waals surface area contributed by atoms with Crippen molar-refractivity contribution in [1.82, 2.24) is 10.2 Å². The number of benzene rings is 4. The highest BCUT2D eigenvalue weighted by atomic mass is 35.5. The summed E-state index contributed by atoms with van der Waals surface area (Å²) in [5.74, 6) is -1.46. The Morgan fingerprint density at radius 2 is 1.54 bits per heavy atom. The van der Waals surface area contributed by atoms with Crippen molar-refractivity contribution in [3.8, 4) is 11.1 Å². The van der Waals surface area contributed by atoms with Gasteiger partial charge in [-0.2, -0.15) is 0 Å². The van der Waals surface area contributed by atoms with Crippen molar-refractivity contribution in [3.05, 3.63) is 113 Å². The SMILES string of the molecule is Cc1cc(S(=O)(=O)N2c3ccccc3NC(=O)[C@@H]2CC(=O)N[C@H](Cc2ccc(-c3ccccc3)cc2)C(=O)N2CCCC2)c(C)cc1Cl. The molecule has 2 atom stereocenters. The summed E-state index contributed by atoms with van der Waals surface area (Å²) < 4.78 is 29.7. The van der Waals surface area contributed by atoms with Crippen LogP contribution in [0.15, 0.2) is 95.9 Å². The second kappa shape index (κ2) is 13.8. The molecule has 9 nitrogen and oxygen atoms in total. The molecule has 1 fully saturated rings. The molecule has 0 aliphatic carbocycles. The summed E-state index contributed by atoms with van der Waals surface area (Å²) >= 11 is 6.28. The molecule has 0 radical (unpaired) electrons. The molecule has 0 unspecified atom stereocenters. The van der Waals surface area contributed by atoms with Crippen molar-refractivity contribution in [2.24, 2.45) is 0 Å². The fourth-order valence-electron chi connectivity index (χ4n) is 6.36. The number of halogens is 1. The largest absolute Gasteiger partial charge is 0.344 e. The number of sulfonamides is 1. The molecule has 2 heterocycles. The third kappa shape index (κ3) is 6.81. The maximum atomic E-state index is 14.4. The predicted molar refractivity (Wildman–Crippen MR) is 187 cm³/mol. The third-order valence-electron chi connectivity index (χ3n) is 8.91. The third-order valence-corrected chi connectivity index (χ3v) is 11.3. The van der Waals surface area contributed by atoms with Crippen molar-refractivity contribution < 1.29 is 22.8 Å². The van der Waals surface area contributed by atoms with Crippen LogP contribution in [-0.4, -0.2) is 56.2 Å². The summed E-state index contributed by atoms with van der Waals surface area (Å²) in [6.07, 6.45) is 1.51. The van der Waals surface area contributed by atoms with Gasteiger partial charge in [0.2, 0.25) is 17.7 Å². The summed E-state index contributed by atoms with van der Waals surface area (Å²) in [7, 11) is -4.35. The first kappa shape index (κ1) is 33.2. The zero-order chi connectivity index (χ0) is 34.0. The Kier molecular flexibility index (Phi) is 9.57. The van der Waals surface area contributed by atoms with Gasteiger partial charge >= 0.3 is 0 Å². The number of hydrogen-bond donors (Lipinski definition) is 2. The van der Waals surface area contributed by atoms with E-state index < -0.39 is 40.3 Å². The molecular formula is C37H37ClN4O5S. The van der Waals surface area contributed by atoms with Crippen molar-refractivity contribution in [2.45, 2.75) is 56.5 Å². The molecule has 2 aliphatic rings. The van der Waals surface area contributed by atoms with Gasteiger partial charge in [-0.05, 0) is 78.8 Å². The summed E-state index contributed by atoms with van der Waals surface area (Å²) in [5, 5.41) is 6.05. The molecule has 6 rings (SSSR count). The first-order valence-electron chi connectivity index (χ1n) is 16.0. The van der Waals surface area contributed by atoms with E-state index in [0.29, 0.717) is 34.9 Å². The van der Waals surface area contributed by atoms with Crippen LogP contribution in [-0.2, 0) is 30.8 Å². The molecule has 11 heteroatoms. The van der Waals surface area contributed by atoms with Gasteiger partial charge in [-0.3, -0.25) is 18.7 Å². The summed E-state index contributed by atoms with van der Waals surface area (Å²) in [6.45, 7) is 4.55. The molecule has 0 spiro atoms. The lowest BCUT2D eigenvalue weighted by atomic mass is 9.99. The number of aryl methyl sites for hydroxylation is 2. The molecule has 4 aromatic carbocycles. The Bertz CT molecular complexity index is 1960. The van der Waals surface area contributed by atoms with E-state index in [4.69, 9.17) is 11.6 Å². The predicted octanol–water partition coefficient (Wildman–Crippen LogP) is 5.88. The van der Waals surface area contributed by atoms with E-state index in [0.717, 1.165) is 33.8 Å². The monoisotopic (exact) mass is 684 g/mol. The van der Waals surface area contributed by atoms with Crippen molar-refractivity contribution in [3.63, 3.8) is 0 Å². The number of rotatable bonds is 9. The second-order valence-corrected chi connectivity index (χ2v) is 14.5. The molecule has 3 amide bonds. The smallest absolute Gasteiger partial charge is 0.265 e. The second-order valence-electron chi connectivity index (χ2n) is 12.3. The first-order chi connectivity index (χ1) is 23.0. The Morgan fingerprint density at radius 3 is 2.25 bits per heavy atom. The minimum atomic E-state index is -4.35. The summed E-state index contributed by atoms with van der Waals surface area (Å²) in [4.78, 5) is 42.8. The summed E-state index contributed by atoms with van der Waals surface area (Å²) in [5.41, 5.74) is 4.48. The number of hydrogen-bond acceptors (Lipinski definition) is 5. The molecule has 0 bridgehead atoms. The normalized spacial score (nSPS) is 16.6. The molecule has 2 aliphatic heterocycles. The van der Waals surface area contributed by atoms with E-state index >= 15 is 0 Å². The molecule has 4 aromatic rings. The number of nitrogens with one attached hydrogen (secondary N) is 2. The van der Waals surface area contributed by atoms with Crippen molar-refractivity contribution >= 4 is 50.7 Å². The highest BCUT2D eigenvalue weighted by Crippen LogP contribution is 2.38. The lowest BCUT2D eigenvalue weighted by molar-refractivity contribution is -0.135. The van der Waals surface area contributed by atoms with Crippen LogP contribution < -0.4 is 14.9 Å². The van der Waals surface area contributed by atoms with Crippen LogP contribution in [0, 0.1) is 13.8 Å². The zero-order valence-electron chi connectivity index (χ0n) is 26.8. The van der Waals surface area contributed by atoms with Gasteiger partial charge in [0.25, 0.3) is 10.0 Å². The van der Waals surface area contributed by atoms with Crippen LogP contribution in [0.4, 0.5) is 11.4 Å². The van der Waals surface area contributed by atoms with Crippen LogP contribution in [0.5, 0.6) is 0 Å². The number of anilines is 2. The topological polar surface area (TPSA) is 116 Å². The van der Waals surface area contributed by atoms with E-state index in [9.17, 15) is 22.8 Å². The van der Waals surface area contributed by atoms with E-state index in [1.165, 1.54) is 6.07 Å². The van der Waals surface area contributed by atoms with Gasteiger partial charge in [-0.15, -0.1) is 0 Å². The molecule has 2 N–H and O–H groups in total. The van der Waals surface area contributed by atoms with Crippen LogP contribution in [0.3, 0.4) is 0 Å². The van der Waals surface area contributed by atoms with Gasteiger partial charge in [0, 0.05) is 24.5 Å². The van der Waals surface area contributed by atoms with E-state index in [1.54, 1.807) is 49.1 Å². The minimum absolute atomic E-state index is 0.0136. The fraction of sp³-hybridized carbons (Fsp3) is 0.270. The highest BCUT2D eigenvalue weighted by Gasteiger charge is 2.43. The average Bonchev–Trinajstić information content (AvgIpc) is 3.62. The molecule has 48 heavy (non-hydrogen) atoms. The van der Waals surface area contributed by atoms with E-state index in [1.807, 2.05) is 54.6 Å². The quantitative estimate of drug-likeness (QED) is 0.229. The van der Waals surface area contributed by atoms with Crippen LogP contribution in [0.1, 0.15) is 36.0 Å². The van der Waals surface area contributed by atoms with Gasteiger partial charge in [0.05, 0.1) is 22.7 Å². The van der Waals surface area contributed by atoms with Gasteiger partial charge in [-0.25, -0.2) is 8.42 Å². The number of likely N-dealkylation sites (tertiary alicyclic amines) is 1. The minimum Gasteiger partial charge on any atom is -0.344 e. The zero-order valence-corrected chi connectivity index (χ0v) is 28.4. The van der Waals surface area contributed by atoms with E-state index in [2.05, 4.69) is 10.6 Å².